The molecule has 2 aliphatic heterocycles. The van der Waals surface area contributed by atoms with E-state index in [1.165, 1.54) is 43.2 Å². The fraction of sp³-hybridized carbons (Fsp3) is 0.629. The molecule has 0 amide bonds. The maximum Gasteiger partial charge on any atom is 0.207 e. The SMILES string of the molecule is CCC(=N)C(=O)C1OC(C2CCCc3c(ncnc3N=C(C)CC3CCCCC3)C2)C2OC3(Cc4ccccc4C3)OC12. The zero-order chi connectivity index (χ0) is 29.6. The number of hydrogen-bond acceptors (Lipinski definition) is 8. The number of rotatable bonds is 7. The molecule has 1 spiro atoms. The van der Waals surface area contributed by atoms with Crippen molar-refractivity contribution in [3.8, 4) is 0 Å². The zero-order valence-electron chi connectivity index (χ0n) is 25.5. The summed E-state index contributed by atoms with van der Waals surface area (Å²) in [7, 11) is 0. The van der Waals surface area contributed by atoms with E-state index < -0.39 is 18.0 Å². The first-order valence-electron chi connectivity index (χ1n) is 16.5. The van der Waals surface area contributed by atoms with Crippen LogP contribution in [0.2, 0.25) is 0 Å². The van der Waals surface area contributed by atoms with Crippen molar-refractivity contribution in [2.45, 2.75) is 128 Å². The number of ether oxygens (including phenoxy) is 3. The number of benzene rings is 1. The molecule has 1 saturated carbocycles. The Kier molecular flexibility index (Phi) is 8.03. The van der Waals surface area contributed by atoms with E-state index in [9.17, 15) is 4.79 Å². The predicted octanol–water partition coefficient (Wildman–Crippen LogP) is 6.08. The molecule has 0 radical (unpaired) electrons. The molecule has 3 aliphatic carbocycles. The summed E-state index contributed by atoms with van der Waals surface area (Å²) < 4.78 is 20.1. The monoisotopic (exact) mass is 584 g/mol. The molecule has 8 heteroatoms. The van der Waals surface area contributed by atoms with Gasteiger partial charge in [-0.15, -0.1) is 0 Å². The van der Waals surface area contributed by atoms with Gasteiger partial charge in [0.05, 0.1) is 11.8 Å². The molecule has 1 N–H and O–H groups in total. The molecular weight excluding hydrogens is 540 g/mol. The van der Waals surface area contributed by atoms with E-state index >= 15 is 0 Å². The normalized spacial score (nSPS) is 30.1. The third-order valence-corrected chi connectivity index (χ3v) is 10.4. The average molecular weight is 585 g/mol. The number of aliphatic imine (C=N–C) groups is 1. The maximum absolute atomic E-state index is 13.4. The second-order valence-electron chi connectivity index (χ2n) is 13.4. The van der Waals surface area contributed by atoms with Gasteiger partial charge in [0, 0.05) is 29.8 Å². The van der Waals surface area contributed by atoms with Crippen LogP contribution in [-0.4, -0.2) is 57.4 Å². The van der Waals surface area contributed by atoms with Crippen LogP contribution < -0.4 is 0 Å². The van der Waals surface area contributed by atoms with Crippen molar-refractivity contribution in [2.75, 3.05) is 0 Å². The third-order valence-electron chi connectivity index (χ3n) is 10.4. The van der Waals surface area contributed by atoms with E-state index in [1.54, 1.807) is 6.33 Å². The maximum atomic E-state index is 13.4. The molecule has 43 heavy (non-hydrogen) atoms. The first-order chi connectivity index (χ1) is 20.9. The van der Waals surface area contributed by atoms with Gasteiger partial charge in [0.1, 0.15) is 18.5 Å². The average Bonchev–Trinajstić information content (AvgIpc) is 3.61. The lowest BCUT2D eigenvalue weighted by Crippen LogP contribution is -2.41. The minimum Gasteiger partial charge on any atom is -0.361 e. The molecule has 2 aromatic rings. The van der Waals surface area contributed by atoms with Gasteiger partial charge >= 0.3 is 0 Å². The quantitative estimate of drug-likeness (QED) is 0.312. The molecule has 2 saturated heterocycles. The van der Waals surface area contributed by atoms with Crippen molar-refractivity contribution in [1.82, 2.24) is 9.97 Å². The second-order valence-corrected chi connectivity index (χ2v) is 13.4. The van der Waals surface area contributed by atoms with Crippen LogP contribution in [-0.2, 0) is 44.7 Å². The van der Waals surface area contributed by atoms with Crippen molar-refractivity contribution >= 4 is 23.0 Å². The van der Waals surface area contributed by atoms with Crippen molar-refractivity contribution in [3.05, 3.63) is 53.0 Å². The summed E-state index contributed by atoms with van der Waals surface area (Å²) in [6.45, 7) is 3.98. The Morgan fingerprint density at radius 1 is 1.00 bits per heavy atom. The first kappa shape index (κ1) is 28.9. The molecule has 5 aliphatic rings. The van der Waals surface area contributed by atoms with E-state index in [2.05, 4.69) is 36.2 Å². The lowest BCUT2D eigenvalue weighted by Gasteiger charge is -2.30. The van der Waals surface area contributed by atoms with Gasteiger partial charge in [-0.1, -0.05) is 63.3 Å². The largest absolute Gasteiger partial charge is 0.361 e. The summed E-state index contributed by atoms with van der Waals surface area (Å²) in [5.41, 5.74) is 5.88. The highest BCUT2D eigenvalue weighted by atomic mass is 16.8. The lowest BCUT2D eigenvalue weighted by atomic mass is 9.86. The minimum absolute atomic E-state index is 0.0775. The standard InChI is InChI=1S/C35H44N4O4/c1-3-27(36)29(40)31-33-32(42-35(43-33)18-24-12-7-8-13-25(24)19-35)30(41-31)23-14-9-15-26-28(17-23)37-20-38-34(26)39-21(2)16-22-10-5-4-6-11-22/h7-8,12-13,20,22-23,30-33,36H,3-6,9-11,14-19H2,1-2H3. The van der Waals surface area contributed by atoms with Crippen molar-refractivity contribution in [1.29, 1.82) is 5.41 Å². The smallest absolute Gasteiger partial charge is 0.207 e. The van der Waals surface area contributed by atoms with E-state index in [4.69, 9.17) is 29.6 Å². The molecule has 8 nitrogen and oxygen atoms in total. The van der Waals surface area contributed by atoms with Crippen molar-refractivity contribution in [2.24, 2.45) is 16.8 Å². The van der Waals surface area contributed by atoms with Gasteiger partial charge in [-0.2, -0.15) is 0 Å². The van der Waals surface area contributed by atoms with Gasteiger partial charge in [-0.05, 0) is 68.4 Å². The van der Waals surface area contributed by atoms with Gasteiger partial charge < -0.3 is 19.6 Å². The number of ketones is 1. The Morgan fingerprint density at radius 2 is 1.74 bits per heavy atom. The molecule has 3 fully saturated rings. The highest BCUT2D eigenvalue weighted by Gasteiger charge is 2.62. The van der Waals surface area contributed by atoms with Crippen LogP contribution in [0, 0.1) is 17.2 Å². The van der Waals surface area contributed by atoms with Crippen LogP contribution in [0.25, 0.3) is 0 Å². The van der Waals surface area contributed by atoms with E-state index in [0.29, 0.717) is 19.3 Å². The molecule has 3 heterocycles. The van der Waals surface area contributed by atoms with Crippen molar-refractivity contribution < 1.29 is 19.0 Å². The van der Waals surface area contributed by atoms with Crippen LogP contribution in [0.5, 0.6) is 0 Å². The third kappa shape index (κ3) is 5.62. The van der Waals surface area contributed by atoms with E-state index in [1.807, 2.05) is 6.92 Å². The fourth-order valence-corrected chi connectivity index (χ4v) is 8.29. The molecule has 5 atom stereocenters. The van der Waals surface area contributed by atoms with Crippen LogP contribution in [0.4, 0.5) is 5.82 Å². The fourth-order valence-electron chi connectivity index (χ4n) is 8.29. The first-order valence-corrected chi connectivity index (χ1v) is 16.5. The zero-order valence-corrected chi connectivity index (χ0v) is 25.5. The predicted molar refractivity (Wildman–Crippen MR) is 164 cm³/mol. The number of hydrogen-bond donors (Lipinski definition) is 1. The number of Topliss-reactive ketones (excluding diaryl/α,β-unsaturated/α-hetero) is 1. The summed E-state index contributed by atoms with van der Waals surface area (Å²) in [4.78, 5) is 27.8. The molecule has 0 bridgehead atoms. The number of fused-ring (bicyclic) bond motifs is 3. The Bertz CT molecular complexity index is 1390. The van der Waals surface area contributed by atoms with Gasteiger partial charge in [0.15, 0.2) is 17.7 Å². The molecule has 1 aromatic heterocycles. The van der Waals surface area contributed by atoms with E-state index in [-0.39, 0.29) is 29.6 Å². The molecule has 1 aromatic carbocycles. The topological polar surface area (TPSA) is 107 Å². The number of nitrogens with zero attached hydrogens (tertiary/aromatic N) is 3. The Hall–Kier alpha value is -2.81. The Morgan fingerprint density at radius 3 is 2.49 bits per heavy atom. The molecule has 5 unspecified atom stereocenters. The molecule has 228 valence electrons. The highest BCUT2D eigenvalue weighted by Crippen LogP contribution is 2.48. The summed E-state index contributed by atoms with van der Waals surface area (Å²) in [6.07, 6.45) is 12.5. The van der Waals surface area contributed by atoms with E-state index in [0.717, 1.165) is 60.8 Å². The van der Waals surface area contributed by atoms with Gasteiger partial charge in [-0.25, -0.2) is 15.0 Å². The number of nitrogens with one attached hydrogen (secondary N) is 1. The highest BCUT2D eigenvalue weighted by molar-refractivity contribution is 6.40. The lowest BCUT2D eigenvalue weighted by molar-refractivity contribution is -0.206. The molecule has 7 rings (SSSR count). The number of carbonyl (C=O) groups excluding carboxylic acids is 1. The van der Waals surface area contributed by atoms with Crippen LogP contribution in [0.3, 0.4) is 0 Å². The van der Waals surface area contributed by atoms with Gasteiger partial charge in [-0.3, -0.25) is 4.79 Å². The summed E-state index contributed by atoms with van der Waals surface area (Å²) in [5.74, 6) is 0.606. The summed E-state index contributed by atoms with van der Waals surface area (Å²) >= 11 is 0. The van der Waals surface area contributed by atoms with Crippen LogP contribution in [0.1, 0.15) is 94.0 Å². The Labute approximate surface area is 254 Å². The minimum atomic E-state index is -0.818. The van der Waals surface area contributed by atoms with Crippen LogP contribution in [0.15, 0.2) is 35.6 Å². The number of carbonyl (C=O) groups is 1. The summed E-state index contributed by atoms with van der Waals surface area (Å²) in [6, 6.07) is 8.37. The van der Waals surface area contributed by atoms with Gasteiger partial charge in [0.25, 0.3) is 0 Å². The summed E-state index contributed by atoms with van der Waals surface area (Å²) in [5, 5.41) is 8.31. The Balaban J connectivity index is 1.13. The molecular formula is C35H44N4O4. The van der Waals surface area contributed by atoms with Crippen LogP contribution >= 0.6 is 0 Å². The van der Waals surface area contributed by atoms with Gasteiger partial charge in [0.2, 0.25) is 5.78 Å². The number of aromatic nitrogens is 2. The second kappa shape index (κ2) is 11.9. The van der Waals surface area contributed by atoms with Crippen molar-refractivity contribution in [3.63, 3.8) is 0 Å².